The van der Waals surface area contributed by atoms with E-state index >= 15 is 0 Å². The quantitative estimate of drug-likeness (QED) is 0.204. The molecule has 172 valence electrons. The number of aliphatic hydroxyl groups is 1. The van der Waals surface area contributed by atoms with Gasteiger partial charge in [-0.2, -0.15) is 0 Å². The molecule has 1 aromatic carbocycles. The number of amides is 3. The van der Waals surface area contributed by atoms with Crippen molar-refractivity contribution in [3.05, 3.63) is 29.8 Å². The third-order valence-electron chi connectivity index (χ3n) is 4.31. The van der Waals surface area contributed by atoms with Crippen LogP contribution in [0.15, 0.2) is 24.3 Å². The first-order valence-electron chi connectivity index (χ1n) is 9.78. The van der Waals surface area contributed by atoms with Gasteiger partial charge >= 0.3 is 5.97 Å². The lowest BCUT2D eigenvalue weighted by molar-refractivity contribution is -0.141. The van der Waals surface area contributed by atoms with Gasteiger partial charge in [-0.3, -0.25) is 14.4 Å². The van der Waals surface area contributed by atoms with Crippen molar-refractivity contribution < 1.29 is 34.5 Å². The summed E-state index contributed by atoms with van der Waals surface area (Å²) in [5, 5.41) is 34.8. The van der Waals surface area contributed by atoms with Crippen LogP contribution in [-0.2, 0) is 25.6 Å². The molecule has 0 heterocycles. The lowest BCUT2D eigenvalue weighted by Crippen LogP contribution is -2.55. The molecule has 0 aliphatic rings. The van der Waals surface area contributed by atoms with Gasteiger partial charge in [0.15, 0.2) is 0 Å². The highest BCUT2D eigenvalue weighted by Crippen LogP contribution is 2.11. The Morgan fingerprint density at radius 2 is 1.61 bits per heavy atom. The fourth-order valence-electron chi connectivity index (χ4n) is 2.69. The van der Waals surface area contributed by atoms with Crippen LogP contribution in [0.3, 0.4) is 0 Å². The normalized spacial score (nSPS) is 13.7. The van der Waals surface area contributed by atoms with Crippen LogP contribution < -0.4 is 21.7 Å². The molecule has 0 aliphatic heterocycles. The molecular weight excluding hydrogens is 408 g/mol. The van der Waals surface area contributed by atoms with E-state index in [0.29, 0.717) is 12.0 Å². The molecule has 8 N–H and O–H groups in total. The fourth-order valence-corrected chi connectivity index (χ4v) is 2.69. The third kappa shape index (κ3) is 9.45. The van der Waals surface area contributed by atoms with E-state index in [9.17, 15) is 34.5 Å². The van der Waals surface area contributed by atoms with Crippen LogP contribution in [0.25, 0.3) is 0 Å². The number of rotatable bonds is 12. The third-order valence-corrected chi connectivity index (χ3v) is 4.31. The van der Waals surface area contributed by atoms with Crippen molar-refractivity contribution >= 4 is 23.7 Å². The first kappa shape index (κ1) is 25.9. The van der Waals surface area contributed by atoms with Gasteiger partial charge in [-0.05, 0) is 30.0 Å². The van der Waals surface area contributed by atoms with Gasteiger partial charge in [-0.25, -0.2) is 4.79 Å². The van der Waals surface area contributed by atoms with E-state index in [1.54, 1.807) is 0 Å². The van der Waals surface area contributed by atoms with Gasteiger partial charge in [0.25, 0.3) is 0 Å². The predicted molar refractivity (Wildman–Crippen MR) is 111 cm³/mol. The van der Waals surface area contributed by atoms with Crippen molar-refractivity contribution in [1.29, 1.82) is 0 Å². The van der Waals surface area contributed by atoms with E-state index < -0.39 is 55.0 Å². The number of carboxylic acids is 1. The monoisotopic (exact) mass is 438 g/mol. The number of phenolic OH excluding ortho intramolecular Hbond substituents is 1. The molecular formula is C20H30N4O7. The number of hydrogen-bond acceptors (Lipinski definition) is 7. The van der Waals surface area contributed by atoms with Gasteiger partial charge in [0.1, 0.15) is 17.8 Å². The summed E-state index contributed by atoms with van der Waals surface area (Å²) in [4.78, 5) is 47.7. The Hall–Kier alpha value is -3.18. The second-order valence-electron chi connectivity index (χ2n) is 7.53. The number of benzene rings is 1. The van der Waals surface area contributed by atoms with E-state index in [1.165, 1.54) is 24.3 Å². The van der Waals surface area contributed by atoms with Gasteiger partial charge in [-0.15, -0.1) is 0 Å². The lowest BCUT2D eigenvalue weighted by Gasteiger charge is -2.20. The maximum Gasteiger partial charge on any atom is 0.326 e. The number of aliphatic hydroxyl groups excluding tert-OH is 1. The Labute approximate surface area is 180 Å². The van der Waals surface area contributed by atoms with Crippen molar-refractivity contribution in [3.63, 3.8) is 0 Å². The number of nitrogens with one attached hydrogen (secondary N) is 3. The number of carboxylic acid groups (broad SMARTS) is 1. The van der Waals surface area contributed by atoms with Gasteiger partial charge in [0.2, 0.25) is 17.7 Å². The number of nitrogens with two attached hydrogens (primary N) is 1. The molecule has 0 aromatic heterocycles. The largest absolute Gasteiger partial charge is 0.508 e. The Bertz CT molecular complexity index is 767. The van der Waals surface area contributed by atoms with Crippen LogP contribution in [0.4, 0.5) is 0 Å². The minimum atomic E-state index is -1.30. The molecule has 3 unspecified atom stereocenters. The Balaban J connectivity index is 2.57. The molecule has 0 aliphatic carbocycles. The predicted octanol–water partition coefficient (Wildman–Crippen LogP) is -1.53. The summed E-state index contributed by atoms with van der Waals surface area (Å²) < 4.78 is 0. The van der Waals surface area contributed by atoms with E-state index in [4.69, 9.17) is 5.73 Å². The summed E-state index contributed by atoms with van der Waals surface area (Å²) in [5.41, 5.74) is 6.32. The highest BCUT2D eigenvalue weighted by molar-refractivity contribution is 5.92. The number of aliphatic carboxylic acids is 1. The zero-order chi connectivity index (χ0) is 23.6. The molecule has 0 spiro atoms. The Kier molecular flexibility index (Phi) is 10.4. The van der Waals surface area contributed by atoms with Gasteiger partial charge in [0, 0.05) is 6.42 Å². The standard InChI is InChI=1S/C20H30N4O7/c1-11(2)7-14(21)18(28)24-16(10-25)19(29)22-9-17(27)23-15(20(30)31)8-12-3-5-13(26)6-4-12/h3-6,11,14-16,25-26H,7-10,21H2,1-2H3,(H,22,29)(H,23,27)(H,24,28)(H,30,31). The van der Waals surface area contributed by atoms with Crippen LogP contribution in [0, 0.1) is 5.92 Å². The van der Waals surface area contributed by atoms with E-state index in [1.807, 2.05) is 13.8 Å². The highest BCUT2D eigenvalue weighted by atomic mass is 16.4. The molecule has 11 nitrogen and oxygen atoms in total. The molecule has 11 heteroatoms. The summed E-state index contributed by atoms with van der Waals surface area (Å²) in [6, 6.07) is 2.44. The van der Waals surface area contributed by atoms with Gasteiger partial charge < -0.3 is 37.0 Å². The van der Waals surface area contributed by atoms with Crippen molar-refractivity contribution in [3.8, 4) is 5.75 Å². The molecule has 3 atom stereocenters. The van der Waals surface area contributed by atoms with Crippen LogP contribution >= 0.6 is 0 Å². The molecule has 0 saturated carbocycles. The highest BCUT2D eigenvalue weighted by Gasteiger charge is 2.25. The summed E-state index contributed by atoms with van der Waals surface area (Å²) in [6.07, 6.45) is 0.365. The maximum absolute atomic E-state index is 12.2. The summed E-state index contributed by atoms with van der Waals surface area (Å²) >= 11 is 0. The van der Waals surface area contributed by atoms with Crippen molar-refractivity contribution in [2.75, 3.05) is 13.2 Å². The van der Waals surface area contributed by atoms with Crippen LogP contribution in [0.5, 0.6) is 5.75 Å². The Morgan fingerprint density at radius 1 is 1.00 bits per heavy atom. The average Bonchev–Trinajstić information content (AvgIpc) is 2.70. The smallest absolute Gasteiger partial charge is 0.326 e. The minimum Gasteiger partial charge on any atom is -0.508 e. The maximum atomic E-state index is 12.2. The number of phenols is 1. The molecule has 3 amide bonds. The second-order valence-corrected chi connectivity index (χ2v) is 7.53. The lowest BCUT2D eigenvalue weighted by atomic mass is 10.0. The number of carbonyl (C=O) groups is 4. The second kappa shape index (κ2) is 12.5. The number of aromatic hydroxyl groups is 1. The molecule has 0 saturated heterocycles. The Morgan fingerprint density at radius 3 is 2.13 bits per heavy atom. The topological polar surface area (TPSA) is 191 Å². The van der Waals surface area contributed by atoms with Gasteiger partial charge in [-0.1, -0.05) is 26.0 Å². The van der Waals surface area contributed by atoms with Crippen molar-refractivity contribution in [2.45, 2.75) is 44.8 Å². The first-order valence-corrected chi connectivity index (χ1v) is 9.78. The zero-order valence-electron chi connectivity index (χ0n) is 17.5. The molecule has 31 heavy (non-hydrogen) atoms. The van der Waals surface area contributed by atoms with E-state index in [-0.39, 0.29) is 18.1 Å². The first-order chi connectivity index (χ1) is 14.5. The fraction of sp³-hybridized carbons (Fsp3) is 0.500. The summed E-state index contributed by atoms with van der Waals surface area (Å²) in [5.74, 6) is -3.26. The molecule has 1 aromatic rings. The van der Waals surface area contributed by atoms with Crippen molar-refractivity contribution in [1.82, 2.24) is 16.0 Å². The summed E-state index contributed by atoms with van der Waals surface area (Å²) in [7, 11) is 0. The zero-order valence-corrected chi connectivity index (χ0v) is 17.5. The van der Waals surface area contributed by atoms with Gasteiger partial charge in [0.05, 0.1) is 19.2 Å². The van der Waals surface area contributed by atoms with Crippen molar-refractivity contribution in [2.24, 2.45) is 11.7 Å². The molecule has 0 radical (unpaired) electrons. The van der Waals surface area contributed by atoms with E-state index in [0.717, 1.165) is 0 Å². The van der Waals surface area contributed by atoms with Crippen LogP contribution in [0.2, 0.25) is 0 Å². The molecule has 1 rings (SSSR count). The molecule has 0 bridgehead atoms. The average molecular weight is 438 g/mol. The summed E-state index contributed by atoms with van der Waals surface area (Å²) in [6.45, 7) is 2.51. The minimum absolute atomic E-state index is 0.0260. The van der Waals surface area contributed by atoms with Crippen LogP contribution in [0.1, 0.15) is 25.8 Å². The van der Waals surface area contributed by atoms with Crippen LogP contribution in [-0.4, -0.2) is 70.3 Å². The molecule has 0 fully saturated rings. The number of hydrogen-bond donors (Lipinski definition) is 7. The SMILES string of the molecule is CC(C)CC(N)C(=O)NC(CO)C(=O)NCC(=O)NC(Cc1ccc(O)cc1)C(=O)O. The van der Waals surface area contributed by atoms with E-state index in [2.05, 4.69) is 16.0 Å². The number of carbonyl (C=O) groups excluding carboxylic acids is 3.